The highest BCUT2D eigenvalue weighted by Gasteiger charge is 2.10. The van der Waals surface area contributed by atoms with Gasteiger partial charge in [-0.2, -0.15) is 0 Å². The standard InChI is InChI=1S/C11H5BrClF2NO/c12-8-4-7(14)1-2-10(8)17-11-9(15)3-6(13)5-16-11/h1-5H. The zero-order valence-corrected chi connectivity index (χ0v) is 10.6. The van der Waals surface area contributed by atoms with Crippen LogP contribution in [0.25, 0.3) is 0 Å². The van der Waals surface area contributed by atoms with Crippen LogP contribution in [0.1, 0.15) is 0 Å². The van der Waals surface area contributed by atoms with E-state index in [-0.39, 0.29) is 16.7 Å². The van der Waals surface area contributed by atoms with Gasteiger partial charge in [0.25, 0.3) is 5.88 Å². The summed E-state index contributed by atoms with van der Waals surface area (Å²) in [5, 5.41) is 0.174. The second-order valence-corrected chi connectivity index (χ2v) is 4.41. The van der Waals surface area contributed by atoms with Crippen molar-refractivity contribution >= 4 is 27.5 Å². The smallest absolute Gasteiger partial charge is 0.256 e. The summed E-state index contributed by atoms with van der Waals surface area (Å²) in [4.78, 5) is 3.69. The molecule has 17 heavy (non-hydrogen) atoms. The first-order chi connectivity index (χ1) is 8.06. The second-order valence-electron chi connectivity index (χ2n) is 3.12. The highest BCUT2D eigenvalue weighted by Crippen LogP contribution is 2.30. The Balaban J connectivity index is 2.31. The minimum atomic E-state index is -0.686. The molecule has 0 amide bonds. The summed E-state index contributed by atoms with van der Waals surface area (Å²) >= 11 is 8.66. The van der Waals surface area contributed by atoms with Gasteiger partial charge in [-0.1, -0.05) is 11.6 Å². The Morgan fingerprint density at radius 1 is 1.24 bits per heavy atom. The van der Waals surface area contributed by atoms with Gasteiger partial charge in [0.05, 0.1) is 9.50 Å². The van der Waals surface area contributed by atoms with Crippen molar-refractivity contribution in [2.24, 2.45) is 0 Å². The van der Waals surface area contributed by atoms with Crippen LogP contribution in [-0.2, 0) is 0 Å². The quantitative estimate of drug-likeness (QED) is 0.809. The summed E-state index contributed by atoms with van der Waals surface area (Å²) < 4.78 is 31.8. The minimum Gasteiger partial charge on any atom is -0.435 e. The van der Waals surface area contributed by atoms with Crippen molar-refractivity contribution in [3.8, 4) is 11.6 Å². The zero-order valence-electron chi connectivity index (χ0n) is 8.25. The van der Waals surface area contributed by atoms with E-state index in [0.717, 1.165) is 6.07 Å². The van der Waals surface area contributed by atoms with E-state index in [1.165, 1.54) is 24.4 Å². The lowest BCUT2D eigenvalue weighted by molar-refractivity contribution is 0.419. The van der Waals surface area contributed by atoms with Crippen molar-refractivity contribution in [2.75, 3.05) is 0 Å². The Kier molecular flexibility index (Phi) is 3.59. The Morgan fingerprint density at radius 3 is 2.65 bits per heavy atom. The highest BCUT2D eigenvalue weighted by atomic mass is 79.9. The van der Waals surface area contributed by atoms with Crippen LogP contribution in [0.5, 0.6) is 11.6 Å². The molecule has 1 aromatic heterocycles. The maximum Gasteiger partial charge on any atom is 0.256 e. The largest absolute Gasteiger partial charge is 0.435 e. The molecule has 1 aromatic carbocycles. The molecule has 0 N–H and O–H groups in total. The van der Waals surface area contributed by atoms with Crippen molar-refractivity contribution in [2.45, 2.75) is 0 Å². The van der Waals surface area contributed by atoms with Crippen LogP contribution >= 0.6 is 27.5 Å². The molecule has 0 unspecified atom stereocenters. The number of rotatable bonds is 2. The summed E-state index contributed by atoms with van der Waals surface area (Å²) in [6.45, 7) is 0. The molecule has 0 atom stereocenters. The van der Waals surface area contributed by atoms with Gasteiger partial charge in [0.15, 0.2) is 5.82 Å². The van der Waals surface area contributed by atoms with E-state index in [2.05, 4.69) is 20.9 Å². The molecule has 0 saturated carbocycles. The van der Waals surface area contributed by atoms with Gasteiger partial charge >= 0.3 is 0 Å². The van der Waals surface area contributed by atoms with E-state index in [4.69, 9.17) is 16.3 Å². The van der Waals surface area contributed by atoms with Crippen molar-refractivity contribution in [3.63, 3.8) is 0 Å². The van der Waals surface area contributed by atoms with Gasteiger partial charge in [-0.25, -0.2) is 13.8 Å². The van der Waals surface area contributed by atoms with Crippen LogP contribution in [-0.4, -0.2) is 4.98 Å². The topological polar surface area (TPSA) is 22.1 Å². The molecule has 1 heterocycles. The Labute approximate surface area is 109 Å². The number of pyridine rings is 1. The highest BCUT2D eigenvalue weighted by molar-refractivity contribution is 9.10. The van der Waals surface area contributed by atoms with E-state index in [1.54, 1.807) is 0 Å². The van der Waals surface area contributed by atoms with Crippen LogP contribution in [0.3, 0.4) is 0 Å². The Bertz CT molecular complexity index is 516. The van der Waals surface area contributed by atoms with Gasteiger partial charge in [0, 0.05) is 6.20 Å². The van der Waals surface area contributed by atoms with Gasteiger partial charge < -0.3 is 4.74 Å². The summed E-state index contributed by atoms with van der Waals surface area (Å²) in [7, 11) is 0. The van der Waals surface area contributed by atoms with Crippen LogP contribution in [0.4, 0.5) is 8.78 Å². The van der Waals surface area contributed by atoms with E-state index < -0.39 is 11.6 Å². The fourth-order valence-electron chi connectivity index (χ4n) is 1.14. The average Bonchev–Trinajstić information content (AvgIpc) is 2.25. The lowest BCUT2D eigenvalue weighted by atomic mass is 10.3. The summed E-state index contributed by atoms with van der Waals surface area (Å²) in [6, 6.07) is 4.87. The minimum absolute atomic E-state index is 0.174. The molecule has 6 heteroatoms. The van der Waals surface area contributed by atoms with Gasteiger partial charge in [0.1, 0.15) is 11.6 Å². The number of hydrogen-bond donors (Lipinski definition) is 0. The molecule has 0 aliphatic carbocycles. The van der Waals surface area contributed by atoms with E-state index >= 15 is 0 Å². The number of aromatic nitrogens is 1. The third kappa shape index (κ3) is 2.92. The van der Waals surface area contributed by atoms with Crippen LogP contribution < -0.4 is 4.74 Å². The molecule has 0 bridgehead atoms. The second kappa shape index (κ2) is 4.98. The Hall–Kier alpha value is -1.20. The zero-order chi connectivity index (χ0) is 12.4. The average molecular weight is 321 g/mol. The third-order valence-electron chi connectivity index (χ3n) is 1.87. The monoisotopic (exact) mass is 319 g/mol. The first kappa shape index (κ1) is 12.3. The molecule has 2 nitrogen and oxygen atoms in total. The van der Waals surface area contributed by atoms with E-state index in [0.29, 0.717) is 4.47 Å². The maximum atomic E-state index is 13.4. The number of halogens is 4. The lowest BCUT2D eigenvalue weighted by Crippen LogP contribution is -1.92. The van der Waals surface area contributed by atoms with Crippen LogP contribution in [0, 0.1) is 11.6 Å². The first-order valence-electron chi connectivity index (χ1n) is 4.50. The molecule has 0 saturated heterocycles. The number of ether oxygens (including phenoxy) is 1. The number of benzene rings is 1. The molecular formula is C11H5BrClF2NO. The molecule has 0 radical (unpaired) electrons. The summed E-state index contributed by atoms with van der Waals surface area (Å²) in [5.41, 5.74) is 0. The SMILES string of the molecule is Fc1ccc(Oc2ncc(Cl)cc2F)c(Br)c1. The van der Waals surface area contributed by atoms with Crippen LogP contribution in [0.2, 0.25) is 5.02 Å². The lowest BCUT2D eigenvalue weighted by Gasteiger charge is -2.07. The predicted octanol–water partition coefficient (Wildman–Crippen LogP) is 4.57. The normalized spacial score (nSPS) is 10.4. The molecular weight excluding hydrogens is 315 g/mol. The Morgan fingerprint density at radius 2 is 2.00 bits per heavy atom. The van der Waals surface area contributed by atoms with Crippen molar-refractivity contribution in [1.29, 1.82) is 0 Å². The van der Waals surface area contributed by atoms with E-state index in [9.17, 15) is 8.78 Å². The molecule has 0 spiro atoms. The first-order valence-corrected chi connectivity index (χ1v) is 5.67. The number of nitrogens with zero attached hydrogens (tertiary/aromatic N) is 1. The van der Waals surface area contributed by atoms with Crippen molar-refractivity contribution < 1.29 is 13.5 Å². The summed E-state index contributed by atoms with van der Waals surface area (Å²) in [5.74, 6) is -1.07. The summed E-state index contributed by atoms with van der Waals surface area (Å²) in [6.07, 6.45) is 1.26. The molecule has 0 aliphatic heterocycles. The van der Waals surface area contributed by atoms with Crippen molar-refractivity contribution in [1.82, 2.24) is 4.98 Å². The van der Waals surface area contributed by atoms with Gasteiger partial charge in [-0.15, -0.1) is 0 Å². The molecule has 2 rings (SSSR count). The fraction of sp³-hybridized carbons (Fsp3) is 0. The maximum absolute atomic E-state index is 13.4. The van der Waals surface area contributed by atoms with Crippen LogP contribution in [0.15, 0.2) is 34.9 Å². The fourth-order valence-corrected chi connectivity index (χ4v) is 1.72. The number of hydrogen-bond acceptors (Lipinski definition) is 2. The van der Waals surface area contributed by atoms with Gasteiger partial charge in [0.2, 0.25) is 0 Å². The van der Waals surface area contributed by atoms with Gasteiger partial charge in [-0.3, -0.25) is 0 Å². The van der Waals surface area contributed by atoms with Crippen molar-refractivity contribution in [3.05, 3.63) is 51.6 Å². The molecule has 2 aromatic rings. The molecule has 0 aliphatic rings. The van der Waals surface area contributed by atoms with E-state index in [1.807, 2.05) is 0 Å². The predicted molar refractivity (Wildman–Crippen MR) is 63.4 cm³/mol. The van der Waals surface area contributed by atoms with Gasteiger partial charge in [-0.05, 0) is 40.2 Å². The molecule has 88 valence electrons. The third-order valence-corrected chi connectivity index (χ3v) is 2.70. The molecule has 0 fully saturated rings.